The van der Waals surface area contributed by atoms with Crippen molar-refractivity contribution in [2.45, 2.75) is 13.0 Å². The molecule has 0 aliphatic rings. The number of hydrogen-bond acceptors (Lipinski definition) is 3. The van der Waals surface area contributed by atoms with Crippen LogP contribution in [-0.4, -0.2) is 0 Å². The Bertz CT molecular complexity index is 343. The van der Waals surface area contributed by atoms with Crippen molar-refractivity contribution in [3.63, 3.8) is 0 Å². The smallest absolute Gasteiger partial charge is 0.286 e. The summed E-state index contributed by atoms with van der Waals surface area (Å²) in [6.07, 6.45) is 2.02. The van der Waals surface area contributed by atoms with Gasteiger partial charge in [0.2, 0.25) is 0 Å². The van der Waals surface area contributed by atoms with E-state index in [1.165, 1.54) is 0 Å². The van der Waals surface area contributed by atoms with Crippen LogP contribution in [0.4, 0.5) is 0 Å². The summed E-state index contributed by atoms with van der Waals surface area (Å²) >= 11 is 0. The molecule has 3 heteroatoms. The van der Waals surface area contributed by atoms with Gasteiger partial charge in [0.15, 0.2) is 0 Å². The fourth-order valence-corrected chi connectivity index (χ4v) is 0.960. The quantitative estimate of drug-likeness (QED) is 0.652. The zero-order chi connectivity index (χ0) is 9.52. The number of hydrogen-bond donors (Lipinski definition) is 0. The summed E-state index contributed by atoms with van der Waals surface area (Å²) in [4.78, 5) is 0. The van der Waals surface area contributed by atoms with Crippen LogP contribution in [0, 0.1) is 22.8 Å². The summed E-state index contributed by atoms with van der Waals surface area (Å²) in [6, 6.07) is 9.49. The van der Waals surface area contributed by atoms with Gasteiger partial charge >= 0.3 is 0 Å². The first kappa shape index (κ1) is 9.09. The normalized spacial score (nSPS) is 8.46. The third-order valence-electron chi connectivity index (χ3n) is 1.61. The molecule has 1 aromatic carbocycles. The van der Waals surface area contributed by atoms with Crippen molar-refractivity contribution in [3.8, 4) is 12.3 Å². The van der Waals surface area contributed by atoms with Crippen LogP contribution in [-0.2, 0) is 17.8 Å². The molecule has 0 saturated carbocycles. The third-order valence-corrected chi connectivity index (χ3v) is 1.61. The van der Waals surface area contributed by atoms with Gasteiger partial charge in [0.1, 0.15) is 6.61 Å². The maximum Gasteiger partial charge on any atom is 0.286 e. The van der Waals surface area contributed by atoms with E-state index in [-0.39, 0.29) is 0 Å². The van der Waals surface area contributed by atoms with E-state index in [1.54, 1.807) is 6.26 Å². The molecule has 0 aliphatic carbocycles. The van der Waals surface area contributed by atoms with Gasteiger partial charge in [0, 0.05) is 0 Å². The minimum atomic E-state index is 0.295. The summed E-state index contributed by atoms with van der Waals surface area (Å²) in [5.41, 5.74) is 1.91. The number of rotatable bonds is 3. The largest absolute Gasteiger partial charge is 0.423 e. The molecule has 0 bridgehead atoms. The van der Waals surface area contributed by atoms with Crippen molar-refractivity contribution < 1.29 is 4.74 Å². The molecule has 0 amide bonds. The van der Waals surface area contributed by atoms with Crippen LogP contribution in [0.2, 0.25) is 0 Å². The Morgan fingerprint density at radius 2 is 1.69 bits per heavy atom. The van der Waals surface area contributed by atoms with E-state index in [2.05, 4.69) is 10.8 Å². The van der Waals surface area contributed by atoms with Gasteiger partial charge in [0.05, 0.1) is 12.5 Å². The maximum atomic E-state index is 8.41. The van der Waals surface area contributed by atoms with E-state index in [0.29, 0.717) is 13.0 Å². The van der Waals surface area contributed by atoms with Crippen LogP contribution < -0.4 is 0 Å². The van der Waals surface area contributed by atoms with E-state index < -0.39 is 0 Å². The highest BCUT2D eigenvalue weighted by atomic mass is 16.5. The molecule has 0 spiro atoms. The molecule has 0 heterocycles. The lowest BCUT2D eigenvalue weighted by molar-refractivity contribution is 0.257. The fourth-order valence-electron chi connectivity index (χ4n) is 0.960. The lowest BCUT2D eigenvalue weighted by Crippen LogP contribution is -1.87. The molecule has 0 radical (unpaired) electrons. The predicted octanol–water partition coefficient (Wildman–Crippen LogP) is 1.75. The molecule has 0 atom stereocenters. The van der Waals surface area contributed by atoms with Crippen molar-refractivity contribution >= 4 is 0 Å². The molecule has 0 saturated heterocycles. The number of nitriles is 2. The highest BCUT2D eigenvalue weighted by Gasteiger charge is 1.94. The summed E-state index contributed by atoms with van der Waals surface area (Å²) in [5.74, 6) is 0. The van der Waals surface area contributed by atoms with Crippen LogP contribution in [0.15, 0.2) is 24.3 Å². The van der Waals surface area contributed by atoms with Gasteiger partial charge in [-0.05, 0) is 11.1 Å². The lowest BCUT2D eigenvalue weighted by atomic mass is 10.1. The van der Waals surface area contributed by atoms with Gasteiger partial charge in [0.25, 0.3) is 6.26 Å². The van der Waals surface area contributed by atoms with Gasteiger partial charge in [-0.3, -0.25) is 0 Å². The van der Waals surface area contributed by atoms with Gasteiger partial charge in [-0.1, -0.05) is 24.3 Å². The van der Waals surface area contributed by atoms with Gasteiger partial charge in [-0.25, -0.2) is 0 Å². The van der Waals surface area contributed by atoms with E-state index in [0.717, 1.165) is 11.1 Å². The Morgan fingerprint density at radius 1 is 1.08 bits per heavy atom. The zero-order valence-corrected chi connectivity index (χ0v) is 7.03. The molecule has 0 aliphatic heterocycles. The minimum absolute atomic E-state index is 0.295. The van der Waals surface area contributed by atoms with Crippen molar-refractivity contribution in [2.75, 3.05) is 0 Å². The van der Waals surface area contributed by atoms with E-state index in [1.807, 2.05) is 24.3 Å². The average molecular weight is 172 g/mol. The Labute approximate surface area is 76.8 Å². The second-order valence-electron chi connectivity index (χ2n) is 2.53. The summed E-state index contributed by atoms with van der Waals surface area (Å²) < 4.78 is 4.56. The molecule has 64 valence electrons. The Hall–Kier alpha value is -2.00. The first-order chi connectivity index (χ1) is 6.36. The lowest BCUT2D eigenvalue weighted by Gasteiger charge is -1.98. The molecule has 0 unspecified atom stereocenters. The van der Waals surface area contributed by atoms with Crippen molar-refractivity contribution in [3.05, 3.63) is 35.4 Å². The van der Waals surface area contributed by atoms with Crippen LogP contribution >= 0.6 is 0 Å². The van der Waals surface area contributed by atoms with Crippen molar-refractivity contribution in [2.24, 2.45) is 0 Å². The highest BCUT2D eigenvalue weighted by molar-refractivity contribution is 5.24. The highest BCUT2D eigenvalue weighted by Crippen LogP contribution is 2.05. The average Bonchev–Trinajstić information content (AvgIpc) is 2.17. The van der Waals surface area contributed by atoms with Crippen molar-refractivity contribution in [1.29, 1.82) is 10.5 Å². The number of nitrogens with zero attached hydrogens (tertiary/aromatic N) is 2. The molecule has 3 nitrogen and oxygen atoms in total. The molecule has 1 aromatic rings. The van der Waals surface area contributed by atoms with E-state index >= 15 is 0 Å². The van der Waals surface area contributed by atoms with Gasteiger partial charge < -0.3 is 4.74 Å². The molecule has 1 rings (SSSR count). The maximum absolute atomic E-state index is 8.41. The fraction of sp³-hybridized carbons (Fsp3) is 0.200. The molecule has 0 fully saturated rings. The standard InChI is InChI=1S/C10H8N2O/c11-6-5-9-1-3-10(4-2-9)7-13-8-12/h1-4H,5,7H2. The molecule has 0 aromatic heterocycles. The van der Waals surface area contributed by atoms with Crippen LogP contribution in [0.3, 0.4) is 0 Å². The summed E-state index contributed by atoms with van der Waals surface area (Å²) in [7, 11) is 0. The van der Waals surface area contributed by atoms with Gasteiger partial charge in [-0.15, -0.1) is 0 Å². The topological polar surface area (TPSA) is 56.8 Å². The van der Waals surface area contributed by atoms with Crippen LogP contribution in [0.25, 0.3) is 0 Å². The molecular weight excluding hydrogens is 164 g/mol. The number of ether oxygens (including phenoxy) is 1. The second-order valence-corrected chi connectivity index (χ2v) is 2.53. The van der Waals surface area contributed by atoms with Gasteiger partial charge in [-0.2, -0.15) is 10.5 Å². The molecular formula is C10H8N2O. The predicted molar refractivity (Wildman–Crippen MR) is 46.2 cm³/mol. The zero-order valence-electron chi connectivity index (χ0n) is 7.03. The van der Waals surface area contributed by atoms with Crippen molar-refractivity contribution in [1.82, 2.24) is 0 Å². The first-order valence-corrected chi connectivity index (χ1v) is 3.82. The first-order valence-electron chi connectivity index (χ1n) is 3.82. The molecule has 13 heavy (non-hydrogen) atoms. The minimum Gasteiger partial charge on any atom is -0.423 e. The molecule has 0 N–H and O–H groups in total. The second kappa shape index (κ2) is 4.79. The number of benzene rings is 1. The summed E-state index contributed by atoms with van der Waals surface area (Å²) in [6.45, 7) is 0.295. The SMILES string of the molecule is N#CCc1ccc(COC#N)cc1. The Balaban J connectivity index is 2.61. The Morgan fingerprint density at radius 3 is 2.23 bits per heavy atom. The third kappa shape index (κ3) is 2.84. The van der Waals surface area contributed by atoms with Crippen LogP contribution in [0.5, 0.6) is 0 Å². The van der Waals surface area contributed by atoms with Crippen LogP contribution in [0.1, 0.15) is 11.1 Å². The Kier molecular flexibility index (Phi) is 3.35. The monoisotopic (exact) mass is 172 g/mol. The summed E-state index contributed by atoms with van der Waals surface area (Å²) in [5, 5.41) is 16.6. The van der Waals surface area contributed by atoms with E-state index in [4.69, 9.17) is 10.5 Å². The van der Waals surface area contributed by atoms with E-state index in [9.17, 15) is 0 Å².